The maximum atomic E-state index is 11.6. The highest BCUT2D eigenvalue weighted by Crippen LogP contribution is 2.09. The molecule has 4 nitrogen and oxygen atoms in total. The van der Waals surface area contributed by atoms with Crippen LogP contribution >= 0.6 is 23.2 Å². The SMILES string of the molecule is C[C@H](Cl)C(=O)N1CCN(C(=O)[C@H](C)Cl)CC1. The molecular formula is C10H16Cl2N2O2. The van der Waals surface area contributed by atoms with Crippen LogP contribution in [0.4, 0.5) is 0 Å². The first kappa shape index (κ1) is 13.6. The van der Waals surface area contributed by atoms with E-state index in [1.807, 2.05) is 0 Å². The van der Waals surface area contributed by atoms with Gasteiger partial charge in [-0.05, 0) is 13.8 Å². The van der Waals surface area contributed by atoms with Gasteiger partial charge in [-0.15, -0.1) is 23.2 Å². The Balaban J connectivity index is 2.45. The minimum Gasteiger partial charge on any atom is -0.338 e. The number of hydrogen-bond donors (Lipinski definition) is 0. The van der Waals surface area contributed by atoms with Gasteiger partial charge in [0.05, 0.1) is 0 Å². The van der Waals surface area contributed by atoms with E-state index < -0.39 is 10.8 Å². The average molecular weight is 267 g/mol. The number of rotatable bonds is 2. The van der Waals surface area contributed by atoms with Gasteiger partial charge in [0, 0.05) is 26.2 Å². The van der Waals surface area contributed by atoms with Gasteiger partial charge < -0.3 is 9.80 Å². The lowest BCUT2D eigenvalue weighted by Gasteiger charge is -2.35. The average Bonchev–Trinajstić information content (AvgIpc) is 2.27. The summed E-state index contributed by atoms with van der Waals surface area (Å²) in [5.41, 5.74) is 0. The van der Waals surface area contributed by atoms with Crippen LogP contribution in [0, 0.1) is 0 Å². The zero-order valence-corrected chi connectivity index (χ0v) is 11.0. The van der Waals surface area contributed by atoms with Crippen LogP contribution in [-0.2, 0) is 9.59 Å². The highest BCUT2D eigenvalue weighted by molar-refractivity contribution is 6.30. The molecule has 0 aromatic rings. The Morgan fingerprint density at radius 3 is 1.31 bits per heavy atom. The number of piperazine rings is 1. The summed E-state index contributed by atoms with van der Waals surface area (Å²) in [5.74, 6) is -0.152. The minimum atomic E-state index is -0.505. The van der Waals surface area contributed by atoms with E-state index in [0.717, 1.165) is 0 Å². The summed E-state index contributed by atoms with van der Waals surface area (Å²) < 4.78 is 0. The van der Waals surface area contributed by atoms with Gasteiger partial charge in [0.15, 0.2) is 0 Å². The van der Waals surface area contributed by atoms with Gasteiger partial charge in [-0.3, -0.25) is 9.59 Å². The minimum absolute atomic E-state index is 0.0762. The van der Waals surface area contributed by atoms with E-state index in [0.29, 0.717) is 26.2 Å². The number of carbonyl (C=O) groups is 2. The van der Waals surface area contributed by atoms with Crippen LogP contribution in [-0.4, -0.2) is 58.5 Å². The van der Waals surface area contributed by atoms with Crippen molar-refractivity contribution in [3.05, 3.63) is 0 Å². The first-order chi connectivity index (χ1) is 7.43. The third kappa shape index (κ3) is 3.25. The molecule has 16 heavy (non-hydrogen) atoms. The van der Waals surface area contributed by atoms with Crippen molar-refractivity contribution in [3.8, 4) is 0 Å². The van der Waals surface area contributed by atoms with Crippen molar-refractivity contribution in [1.29, 1.82) is 0 Å². The summed E-state index contributed by atoms with van der Waals surface area (Å²) in [6, 6.07) is 0. The Labute approximate surface area is 105 Å². The predicted molar refractivity (Wildman–Crippen MR) is 63.8 cm³/mol. The van der Waals surface area contributed by atoms with Crippen LogP contribution in [0.25, 0.3) is 0 Å². The van der Waals surface area contributed by atoms with E-state index in [2.05, 4.69) is 0 Å². The van der Waals surface area contributed by atoms with E-state index in [1.165, 1.54) is 0 Å². The first-order valence-corrected chi connectivity index (χ1v) is 6.16. The predicted octanol–water partition coefficient (Wildman–Crippen LogP) is 0.912. The molecule has 0 aliphatic carbocycles. The van der Waals surface area contributed by atoms with Crippen molar-refractivity contribution in [2.24, 2.45) is 0 Å². The third-order valence-electron chi connectivity index (χ3n) is 2.58. The zero-order chi connectivity index (χ0) is 12.3. The quantitative estimate of drug-likeness (QED) is 0.698. The maximum absolute atomic E-state index is 11.6. The Morgan fingerprint density at radius 1 is 0.875 bits per heavy atom. The second kappa shape index (κ2) is 5.73. The van der Waals surface area contributed by atoms with E-state index in [-0.39, 0.29) is 11.8 Å². The summed E-state index contributed by atoms with van der Waals surface area (Å²) in [6.07, 6.45) is 0. The molecule has 6 heteroatoms. The van der Waals surface area contributed by atoms with Crippen molar-refractivity contribution >= 4 is 35.0 Å². The normalized spacial score (nSPS) is 20.5. The standard InChI is InChI=1S/C10H16Cl2N2O2/c1-7(11)9(15)13-3-5-14(6-4-13)10(16)8(2)12/h7-8H,3-6H2,1-2H3/t7-,8-/m0/s1. The summed E-state index contributed by atoms with van der Waals surface area (Å²) in [7, 11) is 0. The lowest BCUT2D eigenvalue weighted by molar-refractivity contribution is -0.138. The topological polar surface area (TPSA) is 40.6 Å². The molecule has 0 bridgehead atoms. The molecule has 1 aliphatic heterocycles. The molecule has 92 valence electrons. The van der Waals surface area contributed by atoms with Gasteiger partial charge in [-0.1, -0.05) is 0 Å². The van der Waals surface area contributed by atoms with Crippen molar-refractivity contribution < 1.29 is 9.59 Å². The molecule has 0 N–H and O–H groups in total. The fraction of sp³-hybridized carbons (Fsp3) is 0.800. The molecule has 0 aromatic carbocycles. The second-order valence-corrected chi connectivity index (χ2v) is 5.19. The molecule has 1 fully saturated rings. The van der Waals surface area contributed by atoms with Crippen LogP contribution in [0.5, 0.6) is 0 Å². The Bertz CT molecular complexity index is 246. The van der Waals surface area contributed by atoms with E-state index in [1.54, 1.807) is 23.6 Å². The Kier molecular flexibility index (Phi) is 4.87. The monoisotopic (exact) mass is 266 g/mol. The van der Waals surface area contributed by atoms with Crippen LogP contribution < -0.4 is 0 Å². The van der Waals surface area contributed by atoms with E-state index in [4.69, 9.17) is 23.2 Å². The molecule has 0 radical (unpaired) electrons. The van der Waals surface area contributed by atoms with Crippen molar-refractivity contribution in [2.75, 3.05) is 26.2 Å². The molecule has 1 saturated heterocycles. The van der Waals surface area contributed by atoms with Crippen molar-refractivity contribution in [1.82, 2.24) is 9.80 Å². The van der Waals surface area contributed by atoms with Gasteiger partial charge in [-0.25, -0.2) is 0 Å². The van der Waals surface area contributed by atoms with Gasteiger partial charge >= 0.3 is 0 Å². The summed E-state index contributed by atoms with van der Waals surface area (Å²) >= 11 is 11.4. The first-order valence-electron chi connectivity index (χ1n) is 5.29. The summed E-state index contributed by atoms with van der Waals surface area (Å²) in [6.45, 7) is 5.44. The second-order valence-electron chi connectivity index (χ2n) is 3.88. The van der Waals surface area contributed by atoms with E-state index >= 15 is 0 Å². The van der Waals surface area contributed by atoms with E-state index in [9.17, 15) is 9.59 Å². The lowest BCUT2D eigenvalue weighted by atomic mass is 10.2. The fourth-order valence-electron chi connectivity index (χ4n) is 1.65. The largest absolute Gasteiger partial charge is 0.338 e. The Hall–Kier alpha value is -0.480. The smallest absolute Gasteiger partial charge is 0.240 e. The number of alkyl halides is 2. The highest BCUT2D eigenvalue weighted by atomic mass is 35.5. The molecule has 2 atom stereocenters. The molecule has 0 unspecified atom stereocenters. The number of nitrogens with zero attached hydrogens (tertiary/aromatic N) is 2. The highest BCUT2D eigenvalue weighted by Gasteiger charge is 2.27. The molecule has 1 aliphatic rings. The summed E-state index contributed by atoms with van der Waals surface area (Å²) in [5, 5.41) is -1.01. The third-order valence-corrected chi connectivity index (χ3v) is 2.96. The molecule has 0 spiro atoms. The van der Waals surface area contributed by atoms with Crippen molar-refractivity contribution in [2.45, 2.75) is 24.6 Å². The zero-order valence-electron chi connectivity index (χ0n) is 9.45. The summed E-state index contributed by atoms with van der Waals surface area (Å²) in [4.78, 5) is 26.5. The fourth-order valence-corrected chi connectivity index (χ4v) is 1.93. The molecule has 1 rings (SSSR count). The Morgan fingerprint density at radius 2 is 1.12 bits per heavy atom. The number of hydrogen-bond acceptors (Lipinski definition) is 2. The van der Waals surface area contributed by atoms with Gasteiger partial charge in [0.25, 0.3) is 0 Å². The maximum Gasteiger partial charge on any atom is 0.240 e. The molecule has 1 heterocycles. The van der Waals surface area contributed by atoms with Gasteiger partial charge in [-0.2, -0.15) is 0 Å². The van der Waals surface area contributed by atoms with Gasteiger partial charge in [0.2, 0.25) is 11.8 Å². The molecule has 0 aromatic heterocycles. The molecule has 2 amide bonds. The number of halogens is 2. The van der Waals surface area contributed by atoms with Crippen LogP contribution in [0.1, 0.15) is 13.8 Å². The van der Waals surface area contributed by atoms with Gasteiger partial charge in [0.1, 0.15) is 10.8 Å². The molecular weight excluding hydrogens is 251 g/mol. The van der Waals surface area contributed by atoms with Crippen LogP contribution in [0.15, 0.2) is 0 Å². The van der Waals surface area contributed by atoms with Crippen LogP contribution in [0.2, 0.25) is 0 Å². The number of amides is 2. The van der Waals surface area contributed by atoms with Crippen molar-refractivity contribution in [3.63, 3.8) is 0 Å². The number of carbonyl (C=O) groups excluding carboxylic acids is 2. The lowest BCUT2D eigenvalue weighted by Crippen LogP contribution is -2.53. The van der Waals surface area contributed by atoms with Crippen LogP contribution in [0.3, 0.4) is 0 Å². The molecule has 0 saturated carbocycles.